The van der Waals surface area contributed by atoms with Crippen molar-refractivity contribution in [2.45, 2.75) is 51.2 Å². The van der Waals surface area contributed by atoms with Crippen LogP contribution in [0.5, 0.6) is 5.75 Å². The molecule has 6 nitrogen and oxygen atoms in total. The summed E-state index contributed by atoms with van der Waals surface area (Å²) < 4.78 is 34.0. The van der Waals surface area contributed by atoms with Gasteiger partial charge in [-0.3, -0.25) is 9.52 Å². The maximum atomic E-state index is 12.9. The number of amides is 1. The van der Waals surface area contributed by atoms with Crippen molar-refractivity contribution in [1.82, 2.24) is 0 Å². The topological polar surface area (TPSA) is 75.7 Å². The fourth-order valence-electron chi connectivity index (χ4n) is 3.64. The summed E-state index contributed by atoms with van der Waals surface area (Å²) >= 11 is 0. The number of sulfonamides is 1. The molecule has 3 rings (SSSR count). The second kappa shape index (κ2) is 7.54. The molecule has 1 aliphatic heterocycles. The fourth-order valence-corrected chi connectivity index (χ4v) is 5.22. The number of rotatable bonds is 5. The zero-order valence-corrected chi connectivity index (χ0v) is 16.8. The van der Waals surface area contributed by atoms with Crippen molar-refractivity contribution in [3.8, 4) is 5.75 Å². The molecule has 0 unspecified atom stereocenters. The van der Waals surface area contributed by atoms with Gasteiger partial charge in [0.1, 0.15) is 12.4 Å². The minimum Gasteiger partial charge on any atom is -0.490 e. The van der Waals surface area contributed by atoms with Crippen LogP contribution in [-0.4, -0.2) is 32.7 Å². The van der Waals surface area contributed by atoms with E-state index in [9.17, 15) is 13.2 Å². The lowest BCUT2D eigenvalue weighted by Crippen LogP contribution is -2.42. The molecule has 27 heavy (non-hydrogen) atoms. The van der Waals surface area contributed by atoms with Crippen LogP contribution in [0, 0.1) is 5.41 Å². The van der Waals surface area contributed by atoms with Crippen LogP contribution < -0.4 is 14.4 Å². The quantitative estimate of drug-likeness (QED) is 0.775. The van der Waals surface area contributed by atoms with E-state index in [-0.39, 0.29) is 17.8 Å². The van der Waals surface area contributed by atoms with Gasteiger partial charge in [-0.2, -0.15) is 0 Å². The van der Waals surface area contributed by atoms with E-state index in [2.05, 4.69) is 11.3 Å². The van der Waals surface area contributed by atoms with Crippen LogP contribution in [0.1, 0.15) is 46.0 Å². The van der Waals surface area contributed by atoms with E-state index in [0.717, 1.165) is 19.3 Å². The van der Waals surface area contributed by atoms with Crippen molar-refractivity contribution < 1.29 is 17.9 Å². The average molecular weight is 393 g/mol. The third-order valence-electron chi connectivity index (χ3n) is 5.23. The molecule has 1 fully saturated rings. The molecule has 0 saturated heterocycles. The summed E-state index contributed by atoms with van der Waals surface area (Å²) in [6, 6.07) is 5.09. The largest absolute Gasteiger partial charge is 0.490 e. The molecular formula is C20H28N2O4S. The highest BCUT2D eigenvalue weighted by Crippen LogP contribution is 2.38. The molecule has 1 aromatic carbocycles. The highest BCUT2D eigenvalue weighted by molar-refractivity contribution is 7.93. The maximum Gasteiger partial charge on any atom is 0.236 e. The number of nitrogens with zero attached hydrogens (tertiary/aromatic N) is 1. The van der Waals surface area contributed by atoms with Gasteiger partial charge in [-0.15, -0.1) is 6.58 Å². The minimum absolute atomic E-state index is 0.0755. The van der Waals surface area contributed by atoms with Crippen LogP contribution in [0.4, 0.5) is 11.4 Å². The first kappa shape index (κ1) is 19.7. The zero-order chi connectivity index (χ0) is 19.7. The van der Waals surface area contributed by atoms with Gasteiger partial charge in [-0.25, -0.2) is 8.42 Å². The maximum absolute atomic E-state index is 12.9. The fraction of sp³-hybridized carbons (Fsp3) is 0.550. The van der Waals surface area contributed by atoms with Crippen molar-refractivity contribution in [2.75, 3.05) is 22.8 Å². The second-order valence-corrected chi connectivity index (χ2v) is 9.93. The zero-order valence-electron chi connectivity index (χ0n) is 16.0. The Morgan fingerprint density at radius 1 is 1.30 bits per heavy atom. The molecule has 1 aromatic rings. The summed E-state index contributed by atoms with van der Waals surface area (Å²) in [6.45, 7) is 8.01. The monoisotopic (exact) mass is 392 g/mol. The summed E-state index contributed by atoms with van der Waals surface area (Å²) in [5.74, 6) is 0.491. The molecule has 0 aromatic heterocycles. The van der Waals surface area contributed by atoms with Gasteiger partial charge in [0.05, 0.1) is 22.0 Å². The molecule has 0 bridgehead atoms. The van der Waals surface area contributed by atoms with E-state index < -0.39 is 15.4 Å². The van der Waals surface area contributed by atoms with E-state index in [0.29, 0.717) is 36.5 Å². The Balaban J connectivity index is 1.92. The molecule has 0 spiro atoms. The van der Waals surface area contributed by atoms with Crippen LogP contribution in [0.3, 0.4) is 0 Å². The van der Waals surface area contributed by atoms with Crippen LogP contribution in [0.15, 0.2) is 30.9 Å². The predicted molar refractivity (Wildman–Crippen MR) is 108 cm³/mol. The molecule has 0 atom stereocenters. The van der Waals surface area contributed by atoms with Crippen LogP contribution in [-0.2, 0) is 14.8 Å². The van der Waals surface area contributed by atoms with E-state index in [4.69, 9.17) is 4.74 Å². The summed E-state index contributed by atoms with van der Waals surface area (Å²) in [5.41, 5.74) is 0.336. The molecule has 1 heterocycles. The third-order valence-corrected chi connectivity index (χ3v) is 7.09. The number of hydrogen-bond donors (Lipinski definition) is 1. The summed E-state index contributed by atoms with van der Waals surface area (Å²) in [6.07, 6.45) is 6.02. The number of carbonyl (C=O) groups is 1. The number of fused-ring (bicyclic) bond motifs is 1. The third kappa shape index (κ3) is 4.13. The number of anilines is 2. The van der Waals surface area contributed by atoms with Crippen LogP contribution in [0.25, 0.3) is 0 Å². The van der Waals surface area contributed by atoms with Gasteiger partial charge in [-0.05, 0) is 44.9 Å². The van der Waals surface area contributed by atoms with Gasteiger partial charge in [0.2, 0.25) is 15.9 Å². The Labute approximate surface area is 161 Å². The standard InChI is InChI=1S/C20H28N2O4S/c1-4-12-22-17-13-15(21-27(24,25)16-8-6-5-7-9-16)10-11-18(17)26-14-20(2,3)19(22)23/h4,10-11,13,16,21H,1,5-9,12,14H2,2-3H3. The van der Waals surface area contributed by atoms with E-state index >= 15 is 0 Å². The van der Waals surface area contributed by atoms with E-state index in [1.165, 1.54) is 0 Å². The van der Waals surface area contributed by atoms with Gasteiger partial charge >= 0.3 is 0 Å². The summed E-state index contributed by atoms with van der Waals surface area (Å²) in [4.78, 5) is 14.5. The highest BCUT2D eigenvalue weighted by Gasteiger charge is 2.37. The molecule has 7 heteroatoms. The Morgan fingerprint density at radius 2 is 2.00 bits per heavy atom. The summed E-state index contributed by atoms with van der Waals surface area (Å²) in [5, 5.41) is -0.355. The van der Waals surface area contributed by atoms with Crippen molar-refractivity contribution >= 4 is 27.3 Å². The van der Waals surface area contributed by atoms with Gasteiger partial charge in [-0.1, -0.05) is 25.3 Å². The van der Waals surface area contributed by atoms with Gasteiger partial charge < -0.3 is 9.64 Å². The second-order valence-electron chi connectivity index (χ2n) is 7.97. The van der Waals surface area contributed by atoms with Gasteiger partial charge in [0, 0.05) is 6.54 Å². The summed E-state index contributed by atoms with van der Waals surface area (Å²) in [7, 11) is -3.45. The van der Waals surface area contributed by atoms with Crippen LogP contribution >= 0.6 is 0 Å². The lowest BCUT2D eigenvalue weighted by atomic mass is 9.93. The van der Waals surface area contributed by atoms with Crippen molar-refractivity contribution in [1.29, 1.82) is 0 Å². The van der Waals surface area contributed by atoms with E-state index in [1.54, 1.807) is 29.2 Å². The molecule has 148 valence electrons. The molecule has 0 radical (unpaired) electrons. The van der Waals surface area contributed by atoms with Crippen LogP contribution in [0.2, 0.25) is 0 Å². The number of benzene rings is 1. The Hall–Kier alpha value is -2.02. The number of hydrogen-bond acceptors (Lipinski definition) is 4. The Kier molecular flexibility index (Phi) is 5.51. The Bertz CT molecular complexity index is 826. The number of ether oxygens (including phenoxy) is 1. The molecule has 1 saturated carbocycles. The minimum atomic E-state index is -3.45. The van der Waals surface area contributed by atoms with Gasteiger partial charge in [0.15, 0.2) is 0 Å². The van der Waals surface area contributed by atoms with E-state index in [1.807, 2.05) is 13.8 Å². The Morgan fingerprint density at radius 3 is 2.67 bits per heavy atom. The molecule has 1 N–H and O–H groups in total. The SMILES string of the molecule is C=CCN1C(=O)C(C)(C)COc2ccc(NS(=O)(=O)C3CCCCC3)cc21. The molecule has 1 amide bonds. The average Bonchev–Trinajstić information content (AvgIpc) is 2.73. The number of nitrogens with one attached hydrogen (secondary N) is 1. The molecule has 2 aliphatic rings. The lowest BCUT2D eigenvalue weighted by Gasteiger charge is -2.27. The highest BCUT2D eigenvalue weighted by atomic mass is 32.2. The normalized spacial score (nSPS) is 20.4. The lowest BCUT2D eigenvalue weighted by molar-refractivity contribution is -0.127. The van der Waals surface area contributed by atoms with Gasteiger partial charge in [0.25, 0.3) is 0 Å². The van der Waals surface area contributed by atoms with Crippen molar-refractivity contribution in [3.63, 3.8) is 0 Å². The number of carbonyl (C=O) groups excluding carboxylic acids is 1. The molecular weight excluding hydrogens is 364 g/mol. The first-order valence-corrected chi connectivity index (χ1v) is 11.0. The first-order chi connectivity index (χ1) is 12.7. The molecule has 1 aliphatic carbocycles. The smallest absolute Gasteiger partial charge is 0.236 e. The first-order valence-electron chi connectivity index (χ1n) is 9.46. The van der Waals surface area contributed by atoms with Crippen molar-refractivity contribution in [3.05, 3.63) is 30.9 Å². The predicted octanol–water partition coefficient (Wildman–Crippen LogP) is 3.70. The van der Waals surface area contributed by atoms with Crippen molar-refractivity contribution in [2.24, 2.45) is 5.41 Å².